The number of fused-ring (bicyclic) bond motifs is 1. The first-order valence-corrected chi connectivity index (χ1v) is 4.10. The van der Waals surface area contributed by atoms with E-state index in [0.29, 0.717) is 5.69 Å². The molecule has 2 rings (SSSR count). The fourth-order valence-corrected chi connectivity index (χ4v) is 1.70. The molecule has 1 aliphatic carbocycles. The lowest BCUT2D eigenvalue weighted by Gasteiger charge is -2.06. The van der Waals surface area contributed by atoms with Gasteiger partial charge in [-0.15, -0.1) is 0 Å². The smallest absolute Gasteiger partial charge is 0.0605 e. The third-order valence-electron chi connectivity index (χ3n) is 2.40. The highest BCUT2D eigenvalue weighted by atomic mass is 16.5. The number of nitrogens with two attached hydrogens (primary N) is 1. The topological polar surface area (TPSA) is 58.3 Å². The Bertz CT molecular complexity index is 299. The van der Waals surface area contributed by atoms with Crippen molar-refractivity contribution in [1.82, 2.24) is 0 Å². The maximum atomic E-state index is 8.66. The molecule has 0 saturated carbocycles. The van der Waals surface area contributed by atoms with Gasteiger partial charge in [0.1, 0.15) is 0 Å². The zero-order valence-corrected chi connectivity index (χ0v) is 6.75. The van der Waals surface area contributed by atoms with Crippen LogP contribution in [-0.2, 0) is 6.42 Å². The molecule has 0 heterocycles. The van der Waals surface area contributed by atoms with Gasteiger partial charge < -0.3 is 5.73 Å². The van der Waals surface area contributed by atoms with Gasteiger partial charge >= 0.3 is 0 Å². The van der Waals surface area contributed by atoms with Gasteiger partial charge in [0.05, 0.1) is 5.69 Å². The molecule has 0 spiro atoms. The second-order valence-electron chi connectivity index (χ2n) is 3.17. The van der Waals surface area contributed by atoms with Gasteiger partial charge in [0.25, 0.3) is 0 Å². The summed E-state index contributed by atoms with van der Waals surface area (Å²) in [5.74, 6) is 0. The zero-order valence-electron chi connectivity index (χ0n) is 6.75. The Morgan fingerprint density at radius 3 is 3.08 bits per heavy atom. The van der Waals surface area contributed by atoms with E-state index in [4.69, 9.17) is 10.9 Å². The van der Waals surface area contributed by atoms with Crippen molar-refractivity contribution in [1.29, 1.82) is 0 Å². The van der Waals surface area contributed by atoms with Gasteiger partial charge in [0.2, 0.25) is 0 Å². The Hall–Kier alpha value is -1.06. The molecule has 0 bridgehead atoms. The van der Waals surface area contributed by atoms with E-state index in [2.05, 4.69) is 5.48 Å². The van der Waals surface area contributed by atoms with E-state index in [-0.39, 0.29) is 6.04 Å². The molecule has 0 fully saturated rings. The highest BCUT2D eigenvalue weighted by molar-refractivity contribution is 5.49. The molecule has 0 amide bonds. The van der Waals surface area contributed by atoms with Crippen molar-refractivity contribution < 1.29 is 5.21 Å². The van der Waals surface area contributed by atoms with Crippen LogP contribution in [-0.4, -0.2) is 5.21 Å². The average molecular weight is 164 g/mol. The molecule has 0 unspecified atom stereocenters. The summed E-state index contributed by atoms with van der Waals surface area (Å²) in [7, 11) is 0. The van der Waals surface area contributed by atoms with Crippen LogP contribution in [0.5, 0.6) is 0 Å². The summed E-state index contributed by atoms with van der Waals surface area (Å²) in [6.07, 6.45) is 2.08. The Balaban J connectivity index is 2.43. The van der Waals surface area contributed by atoms with E-state index < -0.39 is 0 Å². The fraction of sp³-hybridized carbons (Fsp3) is 0.333. The quantitative estimate of drug-likeness (QED) is 0.550. The van der Waals surface area contributed by atoms with Gasteiger partial charge in [0, 0.05) is 6.04 Å². The number of hydrogen-bond donors (Lipinski definition) is 3. The minimum atomic E-state index is 0.147. The van der Waals surface area contributed by atoms with Crippen molar-refractivity contribution in [3.8, 4) is 0 Å². The molecule has 1 aliphatic rings. The van der Waals surface area contributed by atoms with Crippen molar-refractivity contribution in [2.45, 2.75) is 18.9 Å². The van der Waals surface area contributed by atoms with Gasteiger partial charge in [-0.1, -0.05) is 6.07 Å². The molecular weight excluding hydrogens is 152 g/mol. The van der Waals surface area contributed by atoms with Gasteiger partial charge in [0.15, 0.2) is 0 Å². The highest BCUT2D eigenvalue weighted by Crippen LogP contribution is 2.30. The van der Waals surface area contributed by atoms with E-state index in [9.17, 15) is 0 Å². The highest BCUT2D eigenvalue weighted by Gasteiger charge is 2.18. The predicted molar refractivity (Wildman–Crippen MR) is 47.1 cm³/mol. The number of anilines is 1. The summed E-state index contributed by atoms with van der Waals surface area (Å²) in [5, 5.41) is 8.66. The van der Waals surface area contributed by atoms with Gasteiger partial charge in [-0.05, 0) is 36.1 Å². The van der Waals surface area contributed by atoms with Crippen LogP contribution in [0.1, 0.15) is 23.6 Å². The van der Waals surface area contributed by atoms with Crippen LogP contribution in [0.4, 0.5) is 5.69 Å². The normalized spacial score (nSPS) is 20.7. The molecule has 0 aliphatic heterocycles. The summed E-state index contributed by atoms with van der Waals surface area (Å²) in [4.78, 5) is 0. The van der Waals surface area contributed by atoms with Crippen LogP contribution in [0.15, 0.2) is 18.2 Å². The lowest BCUT2D eigenvalue weighted by atomic mass is 10.1. The van der Waals surface area contributed by atoms with E-state index in [1.165, 1.54) is 5.56 Å². The molecule has 0 radical (unpaired) electrons. The number of rotatable bonds is 1. The zero-order chi connectivity index (χ0) is 8.55. The van der Waals surface area contributed by atoms with Crippen molar-refractivity contribution in [2.24, 2.45) is 5.73 Å². The van der Waals surface area contributed by atoms with Crippen molar-refractivity contribution >= 4 is 5.69 Å². The second-order valence-corrected chi connectivity index (χ2v) is 3.17. The summed E-state index contributed by atoms with van der Waals surface area (Å²) >= 11 is 0. The van der Waals surface area contributed by atoms with Gasteiger partial charge in [-0.2, -0.15) is 0 Å². The SMILES string of the molecule is N[C@@H]1CCc2ccc(NO)cc21. The number of benzene rings is 1. The number of hydrogen-bond acceptors (Lipinski definition) is 3. The standard InChI is InChI=1S/C9H12N2O/c10-9-4-2-6-1-3-7(11-12)5-8(6)9/h1,3,5,9,11-12H,2,4,10H2/t9-/m1/s1. The Labute approximate surface area is 71.2 Å². The first kappa shape index (κ1) is 7.58. The molecule has 64 valence electrons. The van der Waals surface area contributed by atoms with Crippen LogP contribution >= 0.6 is 0 Å². The Morgan fingerprint density at radius 2 is 2.33 bits per heavy atom. The average Bonchev–Trinajstić information content (AvgIpc) is 2.47. The van der Waals surface area contributed by atoms with Crippen molar-refractivity contribution in [3.05, 3.63) is 29.3 Å². The van der Waals surface area contributed by atoms with Crippen LogP contribution in [0.2, 0.25) is 0 Å². The predicted octanol–water partition coefficient (Wildman–Crippen LogP) is 1.43. The van der Waals surface area contributed by atoms with E-state index in [0.717, 1.165) is 18.4 Å². The van der Waals surface area contributed by atoms with Crippen LogP contribution in [0.25, 0.3) is 0 Å². The molecule has 0 aromatic heterocycles. The van der Waals surface area contributed by atoms with E-state index in [1.807, 2.05) is 18.2 Å². The van der Waals surface area contributed by atoms with Gasteiger partial charge in [-0.3, -0.25) is 10.7 Å². The monoisotopic (exact) mass is 164 g/mol. The molecule has 1 aromatic rings. The summed E-state index contributed by atoms with van der Waals surface area (Å²) < 4.78 is 0. The Kier molecular flexibility index (Phi) is 1.75. The molecule has 12 heavy (non-hydrogen) atoms. The maximum Gasteiger partial charge on any atom is 0.0605 e. The minimum absolute atomic E-state index is 0.147. The van der Waals surface area contributed by atoms with Crippen molar-refractivity contribution in [3.63, 3.8) is 0 Å². The summed E-state index contributed by atoms with van der Waals surface area (Å²) in [5.41, 5.74) is 11.2. The molecular formula is C9H12N2O. The molecule has 3 nitrogen and oxygen atoms in total. The van der Waals surface area contributed by atoms with Crippen LogP contribution in [0, 0.1) is 0 Å². The second kappa shape index (κ2) is 2.77. The molecule has 4 N–H and O–H groups in total. The lowest BCUT2D eigenvalue weighted by molar-refractivity contribution is 0.389. The molecule has 3 heteroatoms. The minimum Gasteiger partial charge on any atom is -0.324 e. The number of aryl methyl sites for hydroxylation is 1. The largest absolute Gasteiger partial charge is 0.324 e. The first-order valence-electron chi connectivity index (χ1n) is 4.10. The van der Waals surface area contributed by atoms with Crippen LogP contribution < -0.4 is 11.2 Å². The number of nitrogens with one attached hydrogen (secondary N) is 1. The van der Waals surface area contributed by atoms with Crippen molar-refractivity contribution in [2.75, 3.05) is 5.48 Å². The third kappa shape index (κ3) is 1.07. The van der Waals surface area contributed by atoms with Crippen LogP contribution in [0.3, 0.4) is 0 Å². The molecule has 1 aromatic carbocycles. The Morgan fingerprint density at radius 1 is 1.50 bits per heavy atom. The maximum absolute atomic E-state index is 8.66. The third-order valence-corrected chi connectivity index (χ3v) is 2.40. The van der Waals surface area contributed by atoms with E-state index in [1.54, 1.807) is 0 Å². The first-order chi connectivity index (χ1) is 5.81. The van der Waals surface area contributed by atoms with Gasteiger partial charge in [-0.25, -0.2) is 0 Å². The molecule has 1 atom stereocenters. The lowest BCUT2D eigenvalue weighted by Crippen LogP contribution is -2.05. The summed E-state index contributed by atoms with van der Waals surface area (Å²) in [6.45, 7) is 0. The molecule has 0 saturated heterocycles. The fourth-order valence-electron chi connectivity index (χ4n) is 1.70. The van der Waals surface area contributed by atoms with E-state index >= 15 is 0 Å². The summed E-state index contributed by atoms with van der Waals surface area (Å²) in [6, 6.07) is 5.93.